The van der Waals surface area contributed by atoms with E-state index in [2.05, 4.69) is 72.8 Å². The first kappa shape index (κ1) is 84.5. The van der Waals surface area contributed by atoms with Gasteiger partial charge in [-0.2, -0.15) is 0 Å². The molecule has 4 unspecified atom stereocenters. The molecule has 0 fully saturated rings. The Morgan fingerprint density at radius 2 is 0.678 bits per heavy atom. The Morgan fingerprint density at radius 3 is 1.02 bits per heavy atom. The van der Waals surface area contributed by atoms with Gasteiger partial charge < -0.3 is 33.8 Å². The Morgan fingerprint density at radius 1 is 0.379 bits per heavy atom. The minimum atomic E-state index is -4.96. The van der Waals surface area contributed by atoms with E-state index in [9.17, 15) is 43.2 Å². The molecule has 0 radical (unpaired) electrons. The van der Waals surface area contributed by atoms with Crippen LogP contribution in [0.5, 0.6) is 0 Å². The average molecular weight is 1280 g/mol. The predicted molar refractivity (Wildman–Crippen MR) is 349 cm³/mol. The van der Waals surface area contributed by atoms with E-state index in [1.165, 1.54) is 103 Å². The smallest absolute Gasteiger partial charge is 0.462 e. The number of aliphatic hydroxyl groups is 1. The highest BCUT2D eigenvalue weighted by atomic mass is 31.2. The lowest BCUT2D eigenvalue weighted by Crippen LogP contribution is -2.30. The number of carbonyl (C=O) groups is 4. The van der Waals surface area contributed by atoms with Crippen molar-refractivity contribution in [1.82, 2.24) is 0 Å². The summed E-state index contributed by atoms with van der Waals surface area (Å²) in [6, 6.07) is 0. The van der Waals surface area contributed by atoms with Crippen molar-refractivity contribution in [2.45, 2.75) is 330 Å². The van der Waals surface area contributed by atoms with Crippen LogP contribution in [0, 0.1) is 17.8 Å². The van der Waals surface area contributed by atoms with E-state index in [-0.39, 0.29) is 25.7 Å². The highest BCUT2D eigenvalue weighted by molar-refractivity contribution is 7.47. The molecule has 6 atom stereocenters. The van der Waals surface area contributed by atoms with Gasteiger partial charge in [0.2, 0.25) is 0 Å². The number of allylic oxidation sites excluding steroid dienone is 4. The molecular formula is C68H128O17P2. The van der Waals surface area contributed by atoms with Gasteiger partial charge in [-0.25, -0.2) is 9.13 Å². The third-order valence-corrected chi connectivity index (χ3v) is 17.3. The summed E-state index contributed by atoms with van der Waals surface area (Å²) in [5.74, 6) is 0.00419. The van der Waals surface area contributed by atoms with E-state index >= 15 is 0 Å². The van der Waals surface area contributed by atoms with Gasteiger partial charge in [0.15, 0.2) is 12.2 Å². The zero-order chi connectivity index (χ0) is 64.5. The molecule has 87 heavy (non-hydrogen) atoms. The van der Waals surface area contributed by atoms with Crippen molar-refractivity contribution in [2.24, 2.45) is 17.8 Å². The molecule has 0 aliphatic carbocycles. The average Bonchev–Trinajstić information content (AvgIpc) is 3.50. The number of phosphoric acid groups is 2. The first-order valence-corrected chi connectivity index (χ1v) is 37.7. The zero-order valence-corrected chi connectivity index (χ0v) is 57.7. The minimum Gasteiger partial charge on any atom is -0.462 e. The topological polar surface area (TPSA) is 237 Å². The second kappa shape index (κ2) is 58.6. The molecule has 0 aromatic carbocycles. The molecule has 0 aliphatic heterocycles. The van der Waals surface area contributed by atoms with Crippen LogP contribution in [-0.4, -0.2) is 96.7 Å². The van der Waals surface area contributed by atoms with Crippen molar-refractivity contribution in [2.75, 3.05) is 39.6 Å². The minimum absolute atomic E-state index is 0.0833. The van der Waals surface area contributed by atoms with Crippen LogP contribution < -0.4 is 0 Å². The van der Waals surface area contributed by atoms with Crippen molar-refractivity contribution < 1.29 is 80.2 Å². The van der Waals surface area contributed by atoms with E-state index < -0.39 is 97.5 Å². The van der Waals surface area contributed by atoms with Gasteiger partial charge in [0, 0.05) is 25.7 Å². The highest BCUT2D eigenvalue weighted by Crippen LogP contribution is 2.45. The van der Waals surface area contributed by atoms with Crippen molar-refractivity contribution >= 4 is 39.5 Å². The zero-order valence-electron chi connectivity index (χ0n) is 56.0. The summed E-state index contributed by atoms with van der Waals surface area (Å²) in [5.41, 5.74) is 0. The molecular weight excluding hydrogens is 1150 g/mol. The number of aliphatic hydroxyl groups excluding tert-OH is 1. The number of phosphoric ester groups is 2. The summed E-state index contributed by atoms with van der Waals surface area (Å²) >= 11 is 0. The van der Waals surface area contributed by atoms with E-state index in [4.69, 9.17) is 37.0 Å². The Balaban J connectivity index is 5.28. The number of ether oxygens (including phenoxy) is 4. The first-order chi connectivity index (χ1) is 41.8. The van der Waals surface area contributed by atoms with Crippen LogP contribution in [0.2, 0.25) is 0 Å². The third-order valence-electron chi connectivity index (χ3n) is 15.4. The molecule has 0 bridgehead atoms. The molecule has 0 amide bonds. The maximum Gasteiger partial charge on any atom is 0.472 e. The van der Waals surface area contributed by atoms with Gasteiger partial charge in [-0.1, -0.05) is 259 Å². The summed E-state index contributed by atoms with van der Waals surface area (Å²) in [4.78, 5) is 72.4. The van der Waals surface area contributed by atoms with Crippen LogP contribution in [0.3, 0.4) is 0 Å². The van der Waals surface area contributed by atoms with Crippen molar-refractivity contribution in [3.63, 3.8) is 0 Å². The second-order valence-electron chi connectivity index (χ2n) is 25.1. The molecule has 0 spiro atoms. The molecule has 0 rings (SSSR count). The molecule has 0 saturated carbocycles. The quantitative estimate of drug-likeness (QED) is 0.0169. The normalized spacial score (nSPS) is 14.8. The van der Waals surface area contributed by atoms with Crippen LogP contribution in [0.15, 0.2) is 24.3 Å². The van der Waals surface area contributed by atoms with Crippen LogP contribution in [0.25, 0.3) is 0 Å². The van der Waals surface area contributed by atoms with Gasteiger partial charge in [-0.15, -0.1) is 0 Å². The summed E-state index contributed by atoms with van der Waals surface area (Å²) in [6.45, 7) is 11.6. The fraction of sp³-hybridized carbons (Fsp3) is 0.882. The fourth-order valence-electron chi connectivity index (χ4n) is 9.61. The van der Waals surface area contributed by atoms with Gasteiger partial charge in [-0.3, -0.25) is 37.3 Å². The predicted octanol–water partition coefficient (Wildman–Crippen LogP) is 18.6. The highest BCUT2D eigenvalue weighted by Gasteiger charge is 2.30. The van der Waals surface area contributed by atoms with E-state index in [0.29, 0.717) is 31.6 Å². The number of hydrogen-bond donors (Lipinski definition) is 3. The fourth-order valence-corrected chi connectivity index (χ4v) is 11.2. The lowest BCUT2D eigenvalue weighted by molar-refractivity contribution is -0.161. The lowest BCUT2D eigenvalue weighted by Gasteiger charge is -2.21. The van der Waals surface area contributed by atoms with Gasteiger partial charge >= 0.3 is 39.5 Å². The number of hydrogen-bond acceptors (Lipinski definition) is 15. The molecule has 0 heterocycles. The van der Waals surface area contributed by atoms with Gasteiger partial charge in [0.1, 0.15) is 19.3 Å². The molecule has 0 saturated heterocycles. The lowest BCUT2D eigenvalue weighted by atomic mass is 9.99. The molecule has 19 heteroatoms. The summed E-state index contributed by atoms with van der Waals surface area (Å²) < 4.78 is 68.1. The van der Waals surface area contributed by atoms with Gasteiger partial charge in [0.25, 0.3) is 0 Å². The molecule has 0 aromatic rings. The van der Waals surface area contributed by atoms with Crippen LogP contribution in [0.4, 0.5) is 0 Å². The molecule has 512 valence electrons. The summed E-state index contributed by atoms with van der Waals surface area (Å²) in [5, 5.41) is 10.6. The van der Waals surface area contributed by atoms with Crippen LogP contribution in [-0.2, 0) is 65.4 Å². The van der Waals surface area contributed by atoms with Gasteiger partial charge in [-0.05, 0) is 69.1 Å². The Bertz CT molecular complexity index is 1810. The summed E-state index contributed by atoms with van der Waals surface area (Å²) in [7, 11) is -9.91. The van der Waals surface area contributed by atoms with E-state index in [1.54, 1.807) is 0 Å². The maximum absolute atomic E-state index is 13.0. The Labute approximate surface area is 529 Å². The maximum atomic E-state index is 13.0. The Kier molecular flexibility index (Phi) is 57.0. The summed E-state index contributed by atoms with van der Waals surface area (Å²) in [6.07, 6.45) is 44.0. The largest absolute Gasteiger partial charge is 0.472 e. The SMILES string of the molecule is CCCCCC/C=C\C=C/CCCCCCCC(=O)O[C@H](COC(=O)CCCCCCCCC(C)C)COP(=O)(O)OCC(O)COP(=O)(O)OC[C@@H](COC(=O)CCCCCCCCCCC(C)C)OC(=O)CCCCCCCCCCC(C)CC. The van der Waals surface area contributed by atoms with Crippen LogP contribution >= 0.6 is 15.6 Å². The number of esters is 4. The van der Waals surface area contributed by atoms with Crippen molar-refractivity contribution in [3.05, 3.63) is 24.3 Å². The second-order valence-corrected chi connectivity index (χ2v) is 28.0. The number of carbonyl (C=O) groups excluding carboxylic acids is 4. The third kappa shape index (κ3) is 60.9. The number of unbranched alkanes of at least 4 members (excludes halogenated alkanes) is 28. The standard InChI is InChI=1S/C68H128O17P2/c1-8-10-11-12-13-14-15-16-17-18-19-20-28-37-44-51-67(72)84-64(56-79-66(71)50-43-36-31-30-33-40-47-60(5)6)58-83-87(76,77)81-54-62(69)53-80-86(74,75)82-57-63(55-78-65(70)49-42-35-27-23-21-25-32-39-46-59(3)4)85-68(73)52-45-38-29-24-22-26-34-41-48-61(7)9-2/h14-17,59-64,69H,8-13,18-58H2,1-7H3,(H,74,75)(H,76,77)/b15-14-,17-16-/t61?,62?,63-,64-/m1/s1. The van der Waals surface area contributed by atoms with Crippen molar-refractivity contribution in [3.8, 4) is 0 Å². The van der Waals surface area contributed by atoms with Crippen molar-refractivity contribution in [1.29, 1.82) is 0 Å². The van der Waals surface area contributed by atoms with Crippen LogP contribution in [0.1, 0.15) is 312 Å². The van der Waals surface area contributed by atoms with E-state index in [0.717, 1.165) is 121 Å². The van der Waals surface area contributed by atoms with Gasteiger partial charge in [0.05, 0.1) is 26.4 Å². The first-order valence-electron chi connectivity index (χ1n) is 34.7. The Hall–Kier alpha value is -2.46. The number of rotatable bonds is 64. The molecule has 17 nitrogen and oxygen atoms in total. The monoisotopic (exact) mass is 1280 g/mol. The molecule has 0 aromatic heterocycles. The van der Waals surface area contributed by atoms with E-state index in [1.807, 2.05) is 0 Å². The molecule has 3 N–H and O–H groups in total. The molecule has 0 aliphatic rings.